The van der Waals surface area contributed by atoms with Crippen LogP contribution in [0.3, 0.4) is 0 Å². The van der Waals surface area contributed by atoms with E-state index in [1.54, 1.807) is 19.2 Å². The van der Waals surface area contributed by atoms with Crippen molar-refractivity contribution in [1.82, 2.24) is 9.78 Å². The van der Waals surface area contributed by atoms with Crippen molar-refractivity contribution in [1.29, 1.82) is 0 Å². The van der Waals surface area contributed by atoms with E-state index in [1.807, 2.05) is 16.4 Å². The van der Waals surface area contributed by atoms with Crippen molar-refractivity contribution < 1.29 is 4.79 Å². The van der Waals surface area contributed by atoms with Crippen LogP contribution in [0.15, 0.2) is 12.3 Å². The van der Waals surface area contributed by atoms with Crippen molar-refractivity contribution >= 4 is 17.5 Å². The summed E-state index contributed by atoms with van der Waals surface area (Å²) >= 11 is 1.93. The summed E-state index contributed by atoms with van der Waals surface area (Å²) < 4.78 is 1.88. The summed E-state index contributed by atoms with van der Waals surface area (Å²) in [7, 11) is 0. The van der Waals surface area contributed by atoms with Crippen molar-refractivity contribution in [2.24, 2.45) is 0 Å². The van der Waals surface area contributed by atoms with Crippen LogP contribution in [0.4, 0.5) is 0 Å². The van der Waals surface area contributed by atoms with E-state index in [0.717, 1.165) is 17.9 Å². The minimum atomic E-state index is 0.106. The van der Waals surface area contributed by atoms with Gasteiger partial charge in [0.25, 0.3) is 0 Å². The highest BCUT2D eigenvalue weighted by molar-refractivity contribution is 7.99. The first-order valence-electron chi connectivity index (χ1n) is 4.41. The highest BCUT2D eigenvalue weighted by Gasteiger charge is 2.21. The van der Waals surface area contributed by atoms with Crippen LogP contribution in [0, 0.1) is 0 Å². The Morgan fingerprint density at radius 1 is 1.77 bits per heavy atom. The Balaban J connectivity index is 2.28. The van der Waals surface area contributed by atoms with Gasteiger partial charge in [-0.1, -0.05) is 0 Å². The third-order valence-corrected chi connectivity index (χ3v) is 3.43. The number of ketones is 1. The Hall–Kier alpha value is -0.770. The summed E-state index contributed by atoms with van der Waals surface area (Å²) in [4.78, 5) is 11.2. The van der Waals surface area contributed by atoms with Crippen LogP contribution in [0.25, 0.3) is 0 Å². The molecule has 0 amide bonds. The van der Waals surface area contributed by atoms with Crippen LogP contribution in [0.1, 0.15) is 29.9 Å². The first kappa shape index (κ1) is 8.81. The van der Waals surface area contributed by atoms with Crippen molar-refractivity contribution in [2.45, 2.75) is 19.4 Å². The van der Waals surface area contributed by atoms with Crippen molar-refractivity contribution in [2.75, 3.05) is 11.5 Å². The summed E-state index contributed by atoms with van der Waals surface area (Å²) in [6.45, 7) is 1.59. The Morgan fingerprint density at radius 2 is 2.62 bits per heavy atom. The van der Waals surface area contributed by atoms with Gasteiger partial charge < -0.3 is 0 Å². The minimum Gasteiger partial charge on any atom is -0.293 e. The first-order chi connectivity index (χ1) is 6.29. The van der Waals surface area contributed by atoms with E-state index >= 15 is 0 Å². The van der Waals surface area contributed by atoms with Crippen molar-refractivity contribution in [3.63, 3.8) is 0 Å². The first-order valence-corrected chi connectivity index (χ1v) is 5.56. The number of rotatable bonds is 2. The fraction of sp³-hybridized carbons (Fsp3) is 0.556. The number of hydrogen-bond acceptors (Lipinski definition) is 3. The molecule has 0 aromatic carbocycles. The second-order valence-corrected chi connectivity index (χ2v) is 4.38. The van der Waals surface area contributed by atoms with E-state index in [2.05, 4.69) is 5.10 Å². The zero-order chi connectivity index (χ0) is 9.26. The molecule has 1 fully saturated rings. The molecule has 0 aliphatic carbocycles. The average molecular weight is 196 g/mol. The molecule has 0 bridgehead atoms. The van der Waals surface area contributed by atoms with E-state index in [1.165, 1.54) is 5.75 Å². The second kappa shape index (κ2) is 3.54. The van der Waals surface area contributed by atoms with Crippen LogP contribution in [0.5, 0.6) is 0 Å². The molecule has 1 saturated heterocycles. The lowest BCUT2D eigenvalue weighted by Crippen LogP contribution is -2.14. The number of Topliss-reactive ketones (excluding diaryl/α,β-unsaturated/α-hetero) is 1. The van der Waals surface area contributed by atoms with Gasteiger partial charge in [-0.3, -0.25) is 9.48 Å². The molecule has 1 aliphatic heterocycles. The maximum atomic E-state index is 11.2. The van der Waals surface area contributed by atoms with Crippen molar-refractivity contribution in [3.05, 3.63) is 18.0 Å². The Morgan fingerprint density at radius 3 is 3.23 bits per heavy atom. The monoisotopic (exact) mass is 196 g/mol. The predicted octanol–water partition coefficient (Wildman–Crippen LogP) is 1.76. The Bertz CT molecular complexity index is 315. The van der Waals surface area contributed by atoms with Gasteiger partial charge in [-0.25, -0.2) is 0 Å². The molecule has 1 unspecified atom stereocenters. The van der Waals surface area contributed by atoms with Crippen LogP contribution >= 0.6 is 11.8 Å². The van der Waals surface area contributed by atoms with Gasteiger partial charge in [-0.15, -0.1) is 0 Å². The fourth-order valence-electron chi connectivity index (χ4n) is 1.60. The summed E-state index contributed by atoms with van der Waals surface area (Å²) in [5, 5.41) is 4.20. The molecular weight excluding hydrogens is 184 g/mol. The standard InChI is InChI=1S/C9H12N2OS/c1-7(12)9-2-4-10-11(9)8-3-5-13-6-8/h2,4,8H,3,5-6H2,1H3. The normalized spacial score (nSPS) is 22.1. The maximum absolute atomic E-state index is 11.2. The topological polar surface area (TPSA) is 34.9 Å². The van der Waals surface area contributed by atoms with Gasteiger partial charge in [0.1, 0.15) is 5.69 Å². The average Bonchev–Trinajstić information content (AvgIpc) is 2.74. The van der Waals surface area contributed by atoms with Crippen LogP contribution in [0.2, 0.25) is 0 Å². The number of thioether (sulfide) groups is 1. The quantitative estimate of drug-likeness (QED) is 0.676. The lowest BCUT2D eigenvalue weighted by Gasteiger charge is -2.11. The highest BCUT2D eigenvalue weighted by Crippen LogP contribution is 2.28. The molecule has 3 nitrogen and oxygen atoms in total. The highest BCUT2D eigenvalue weighted by atomic mass is 32.2. The predicted molar refractivity (Wildman–Crippen MR) is 53.2 cm³/mol. The lowest BCUT2D eigenvalue weighted by atomic mass is 10.2. The van der Waals surface area contributed by atoms with E-state index < -0.39 is 0 Å². The van der Waals surface area contributed by atoms with Gasteiger partial charge in [-0.2, -0.15) is 16.9 Å². The molecule has 13 heavy (non-hydrogen) atoms. The Labute approximate surface area is 81.5 Å². The summed E-state index contributed by atoms with van der Waals surface area (Å²) in [6.07, 6.45) is 2.84. The number of hydrogen-bond donors (Lipinski definition) is 0. The minimum absolute atomic E-state index is 0.106. The zero-order valence-corrected chi connectivity index (χ0v) is 8.38. The molecule has 0 spiro atoms. The number of carbonyl (C=O) groups excluding carboxylic acids is 1. The molecule has 2 rings (SSSR count). The number of carbonyl (C=O) groups is 1. The molecular formula is C9H12N2OS. The molecule has 4 heteroatoms. The van der Waals surface area contributed by atoms with Gasteiger partial charge >= 0.3 is 0 Å². The lowest BCUT2D eigenvalue weighted by molar-refractivity contribution is 0.100. The number of nitrogens with zero attached hydrogens (tertiary/aromatic N) is 2. The van der Waals surface area contributed by atoms with Crippen LogP contribution in [-0.4, -0.2) is 27.1 Å². The summed E-state index contributed by atoms with van der Waals surface area (Å²) in [5.41, 5.74) is 0.743. The third-order valence-electron chi connectivity index (χ3n) is 2.28. The molecule has 0 saturated carbocycles. The molecule has 1 atom stereocenters. The van der Waals surface area contributed by atoms with Crippen LogP contribution in [-0.2, 0) is 0 Å². The molecule has 1 aromatic rings. The summed E-state index contributed by atoms with van der Waals surface area (Å²) in [5.74, 6) is 2.37. The molecule has 1 aromatic heterocycles. The Kier molecular flexibility index (Phi) is 2.40. The molecule has 70 valence electrons. The molecule has 1 aliphatic rings. The van der Waals surface area contributed by atoms with Crippen molar-refractivity contribution in [3.8, 4) is 0 Å². The van der Waals surface area contributed by atoms with E-state index in [0.29, 0.717) is 6.04 Å². The van der Waals surface area contributed by atoms with Gasteiger partial charge in [-0.05, 0) is 18.2 Å². The molecule has 2 heterocycles. The zero-order valence-electron chi connectivity index (χ0n) is 7.56. The van der Waals surface area contributed by atoms with Crippen LogP contribution < -0.4 is 0 Å². The number of aromatic nitrogens is 2. The van der Waals surface area contributed by atoms with E-state index in [-0.39, 0.29) is 5.78 Å². The van der Waals surface area contributed by atoms with Gasteiger partial charge in [0.15, 0.2) is 5.78 Å². The van der Waals surface area contributed by atoms with Gasteiger partial charge in [0.2, 0.25) is 0 Å². The van der Waals surface area contributed by atoms with Gasteiger partial charge in [0, 0.05) is 18.9 Å². The molecule has 0 radical (unpaired) electrons. The summed E-state index contributed by atoms with van der Waals surface area (Å²) in [6, 6.07) is 2.23. The fourth-order valence-corrected chi connectivity index (χ4v) is 2.78. The van der Waals surface area contributed by atoms with E-state index in [4.69, 9.17) is 0 Å². The second-order valence-electron chi connectivity index (χ2n) is 3.23. The smallest absolute Gasteiger partial charge is 0.177 e. The SMILES string of the molecule is CC(=O)c1ccnn1C1CCSC1. The van der Waals surface area contributed by atoms with E-state index in [9.17, 15) is 4.79 Å². The van der Waals surface area contributed by atoms with Gasteiger partial charge in [0.05, 0.1) is 6.04 Å². The largest absolute Gasteiger partial charge is 0.293 e. The molecule has 0 N–H and O–H groups in total. The third kappa shape index (κ3) is 1.63. The maximum Gasteiger partial charge on any atom is 0.177 e.